The third kappa shape index (κ3) is 4.87. The first-order chi connectivity index (χ1) is 5.55. The lowest BCUT2D eigenvalue weighted by Gasteiger charge is -2.22. The third-order valence-corrected chi connectivity index (χ3v) is 1.71. The average molecular weight is 324 g/mol. The summed E-state index contributed by atoms with van der Waals surface area (Å²) in [6.07, 6.45) is -12.5. The van der Waals surface area contributed by atoms with Gasteiger partial charge < -0.3 is 0 Å². The van der Waals surface area contributed by atoms with E-state index in [1.165, 1.54) is 0 Å². The fourth-order valence-electron chi connectivity index (χ4n) is 0.631. The summed E-state index contributed by atoms with van der Waals surface area (Å²) in [5.41, 5.74) is 0. The molecule has 0 radical (unpaired) electrons. The quantitative estimate of drug-likeness (QED) is 0.411. The Kier molecular flexibility index (Phi) is 4.25. The van der Waals surface area contributed by atoms with Crippen molar-refractivity contribution < 1.29 is 30.7 Å². The molecule has 0 fully saturated rings. The van der Waals surface area contributed by atoms with Crippen molar-refractivity contribution in [3.63, 3.8) is 0 Å². The van der Waals surface area contributed by atoms with Gasteiger partial charge in [0.25, 0.3) is 0 Å². The second kappa shape index (κ2) is 4.18. The lowest BCUT2D eigenvalue weighted by Crippen LogP contribution is -2.37. The van der Waals surface area contributed by atoms with Crippen LogP contribution in [0.3, 0.4) is 0 Å². The highest BCUT2D eigenvalue weighted by atomic mass is 127. The molecule has 0 rings (SSSR count). The first kappa shape index (κ1) is 13.2. The summed E-state index contributed by atoms with van der Waals surface area (Å²) in [6.45, 7) is 0. The first-order valence-electron chi connectivity index (χ1n) is 2.96. The van der Waals surface area contributed by atoms with E-state index in [0.717, 1.165) is 22.6 Å². The van der Waals surface area contributed by atoms with Gasteiger partial charge in [-0.1, -0.05) is 0 Å². The van der Waals surface area contributed by atoms with Crippen LogP contribution in [-0.4, -0.2) is 16.5 Å². The number of halogens is 8. The first-order valence-corrected chi connectivity index (χ1v) is 4.21. The Balaban J connectivity index is 4.58. The zero-order valence-electron chi connectivity index (χ0n) is 5.89. The average Bonchev–Trinajstić information content (AvgIpc) is 1.77. The van der Waals surface area contributed by atoms with Crippen LogP contribution in [0.5, 0.6) is 0 Å². The standard InChI is InChI=1S/C5H4F7I/c6-3(13)1-2(4(7,8)9)5(10,11)12/h2-3H,1H2. The van der Waals surface area contributed by atoms with Crippen LogP contribution in [0.4, 0.5) is 30.7 Å². The molecule has 0 aromatic carbocycles. The molecule has 1 atom stereocenters. The Labute approximate surface area is 82.6 Å². The van der Waals surface area contributed by atoms with Crippen molar-refractivity contribution >= 4 is 22.6 Å². The lowest BCUT2D eigenvalue weighted by atomic mass is 10.1. The van der Waals surface area contributed by atoms with Crippen molar-refractivity contribution in [1.82, 2.24) is 0 Å². The van der Waals surface area contributed by atoms with Crippen LogP contribution in [0.15, 0.2) is 0 Å². The van der Waals surface area contributed by atoms with Crippen molar-refractivity contribution in [1.29, 1.82) is 0 Å². The van der Waals surface area contributed by atoms with Gasteiger partial charge in [0.2, 0.25) is 0 Å². The minimum atomic E-state index is -5.44. The zero-order chi connectivity index (χ0) is 10.9. The normalized spacial score (nSPS) is 16.4. The van der Waals surface area contributed by atoms with Gasteiger partial charge in [-0.05, 0) is 22.6 Å². The van der Waals surface area contributed by atoms with E-state index in [4.69, 9.17) is 0 Å². The van der Waals surface area contributed by atoms with Crippen molar-refractivity contribution in [3.8, 4) is 0 Å². The largest absolute Gasteiger partial charge is 0.400 e. The lowest BCUT2D eigenvalue weighted by molar-refractivity contribution is -0.286. The van der Waals surface area contributed by atoms with Gasteiger partial charge in [0, 0.05) is 6.42 Å². The summed E-state index contributed by atoms with van der Waals surface area (Å²) in [5, 5.41) is 0. The zero-order valence-corrected chi connectivity index (χ0v) is 8.04. The van der Waals surface area contributed by atoms with E-state index in [-0.39, 0.29) is 0 Å². The maximum atomic E-state index is 12.0. The van der Waals surface area contributed by atoms with Gasteiger partial charge in [-0.3, -0.25) is 0 Å². The van der Waals surface area contributed by atoms with E-state index >= 15 is 0 Å². The van der Waals surface area contributed by atoms with Crippen LogP contribution in [0, 0.1) is 5.92 Å². The maximum Gasteiger partial charge on any atom is 0.400 e. The second-order valence-electron chi connectivity index (χ2n) is 2.26. The van der Waals surface area contributed by atoms with Gasteiger partial charge in [0.05, 0.1) is 0 Å². The van der Waals surface area contributed by atoms with Gasteiger partial charge in [-0.15, -0.1) is 0 Å². The molecule has 0 aliphatic carbocycles. The van der Waals surface area contributed by atoms with E-state index < -0.39 is 28.9 Å². The van der Waals surface area contributed by atoms with Crippen LogP contribution in [0.2, 0.25) is 0 Å². The van der Waals surface area contributed by atoms with Crippen molar-refractivity contribution in [2.75, 3.05) is 0 Å². The molecule has 0 N–H and O–H groups in total. The van der Waals surface area contributed by atoms with Crippen LogP contribution in [0.25, 0.3) is 0 Å². The molecule has 0 aromatic heterocycles. The Morgan fingerprint density at radius 3 is 1.31 bits per heavy atom. The summed E-state index contributed by atoms with van der Waals surface area (Å²) >= 11 is 0.871. The third-order valence-electron chi connectivity index (χ3n) is 1.20. The molecule has 0 nitrogen and oxygen atoms in total. The molecule has 0 aliphatic heterocycles. The molecule has 0 aliphatic rings. The minimum absolute atomic E-state index is 0.871. The minimum Gasteiger partial charge on any atom is -0.236 e. The van der Waals surface area contributed by atoms with Gasteiger partial charge in [-0.2, -0.15) is 26.3 Å². The summed E-state index contributed by atoms with van der Waals surface area (Å²) in [4.78, 5) is 0. The molecule has 0 spiro atoms. The highest BCUT2D eigenvalue weighted by molar-refractivity contribution is 14.1. The van der Waals surface area contributed by atoms with E-state index in [1.807, 2.05) is 0 Å². The van der Waals surface area contributed by atoms with Gasteiger partial charge >= 0.3 is 12.4 Å². The Morgan fingerprint density at radius 1 is 0.923 bits per heavy atom. The van der Waals surface area contributed by atoms with Gasteiger partial charge in [-0.25, -0.2) is 4.39 Å². The SMILES string of the molecule is FC(I)CC(C(F)(F)F)C(F)(F)F. The number of hydrogen-bond donors (Lipinski definition) is 0. The van der Waals surface area contributed by atoms with Crippen molar-refractivity contribution in [2.45, 2.75) is 23.0 Å². The molecule has 8 heteroatoms. The number of hydrogen-bond acceptors (Lipinski definition) is 0. The smallest absolute Gasteiger partial charge is 0.236 e. The van der Waals surface area contributed by atoms with Crippen LogP contribution < -0.4 is 0 Å². The molecule has 0 heterocycles. The van der Waals surface area contributed by atoms with Crippen molar-refractivity contribution in [3.05, 3.63) is 0 Å². The van der Waals surface area contributed by atoms with Gasteiger partial charge in [0.1, 0.15) is 0 Å². The molecule has 0 saturated heterocycles. The van der Waals surface area contributed by atoms with E-state index in [2.05, 4.69) is 0 Å². The predicted octanol–water partition coefficient (Wildman–Crippen LogP) is 3.85. The second-order valence-corrected chi connectivity index (χ2v) is 3.61. The molecule has 13 heavy (non-hydrogen) atoms. The molecular formula is C5H4F7I. The van der Waals surface area contributed by atoms with E-state index in [0.29, 0.717) is 0 Å². The molecular weight excluding hydrogens is 320 g/mol. The predicted molar refractivity (Wildman–Crippen MR) is 39.1 cm³/mol. The summed E-state index contributed by atoms with van der Waals surface area (Å²) in [7, 11) is 0. The summed E-state index contributed by atoms with van der Waals surface area (Å²) in [6, 6.07) is 0. The highest BCUT2D eigenvalue weighted by Crippen LogP contribution is 2.42. The molecule has 1 unspecified atom stereocenters. The van der Waals surface area contributed by atoms with Crippen LogP contribution in [-0.2, 0) is 0 Å². The molecule has 0 saturated carbocycles. The Bertz CT molecular complexity index is 143. The van der Waals surface area contributed by atoms with Crippen LogP contribution in [0.1, 0.15) is 6.42 Å². The molecule has 0 aromatic rings. The summed E-state index contributed by atoms with van der Waals surface area (Å²) < 4.78 is 80.0. The Hall–Kier alpha value is 0.240. The number of alkyl halides is 8. The van der Waals surface area contributed by atoms with E-state index in [9.17, 15) is 30.7 Å². The summed E-state index contributed by atoms with van der Waals surface area (Å²) in [5.74, 6) is -3.58. The molecule has 0 bridgehead atoms. The van der Waals surface area contributed by atoms with Gasteiger partial charge in [0.15, 0.2) is 10.1 Å². The fraction of sp³-hybridized carbons (Fsp3) is 1.00. The monoisotopic (exact) mass is 324 g/mol. The van der Waals surface area contributed by atoms with Crippen LogP contribution >= 0.6 is 22.6 Å². The highest BCUT2D eigenvalue weighted by Gasteiger charge is 2.56. The molecule has 80 valence electrons. The van der Waals surface area contributed by atoms with E-state index in [1.54, 1.807) is 0 Å². The molecule has 0 amide bonds. The van der Waals surface area contributed by atoms with Crippen molar-refractivity contribution in [2.24, 2.45) is 5.92 Å². The fourth-order valence-corrected chi connectivity index (χ4v) is 1.14. The maximum absolute atomic E-state index is 12.0. The Morgan fingerprint density at radius 2 is 1.23 bits per heavy atom. The topological polar surface area (TPSA) is 0 Å². The number of rotatable bonds is 2.